The van der Waals surface area contributed by atoms with Gasteiger partial charge in [0.1, 0.15) is 23.2 Å². The van der Waals surface area contributed by atoms with Crippen LogP contribution < -0.4 is 15.6 Å². The van der Waals surface area contributed by atoms with Crippen LogP contribution in [0.25, 0.3) is 11.8 Å². The number of aryl methyl sites for hydroxylation is 1. The van der Waals surface area contributed by atoms with E-state index in [9.17, 15) is 23.4 Å². The van der Waals surface area contributed by atoms with E-state index >= 15 is 0 Å². The van der Waals surface area contributed by atoms with Crippen molar-refractivity contribution in [3.8, 4) is 0 Å². The van der Waals surface area contributed by atoms with Gasteiger partial charge in [0.2, 0.25) is 10.0 Å². The molecule has 9 nitrogen and oxygen atoms in total. The molecule has 2 aliphatic heterocycles. The van der Waals surface area contributed by atoms with Gasteiger partial charge in [-0.05, 0) is 65.4 Å². The molecule has 3 N–H and O–H groups in total. The van der Waals surface area contributed by atoms with E-state index in [1.807, 2.05) is 22.8 Å². The summed E-state index contributed by atoms with van der Waals surface area (Å²) in [6.45, 7) is 6.49. The molecular formula is C31H34ClN3O6SSi. The number of nitrogens with one attached hydrogen (secondary N) is 1. The van der Waals surface area contributed by atoms with E-state index in [0.29, 0.717) is 45.4 Å². The van der Waals surface area contributed by atoms with Gasteiger partial charge in [0.25, 0.3) is 0 Å². The van der Waals surface area contributed by atoms with Gasteiger partial charge >= 0.3 is 5.97 Å². The summed E-state index contributed by atoms with van der Waals surface area (Å²) < 4.78 is 35.7. The first-order chi connectivity index (χ1) is 20.3. The molecule has 3 heterocycles. The zero-order valence-electron chi connectivity index (χ0n) is 24.3. The smallest absolute Gasteiger partial charge is 0.342 e. The minimum absolute atomic E-state index is 0.00906. The summed E-state index contributed by atoms with van der Waals surface area (Å²) in [5.74, 6) is -0.702. The Balaban J connectivity index is 1.24. The molecule has 0 saturated carbocycles. The monoisotopic (exact) mass is 639 g/mol. The van der Waals surface area contributed by atoms with E-state index < -0.39 is 29.7 Å². The Hall–Kier alpha value is -3.22. The molecule has 43 heavy (non-hydrogen) atoms. The molecule has 0 radical (unpaired) electrons. The van der Waals surface area contributed by atoms with Gasteiger partial charge in [0, 0.05) is 23.2 Å². The number of benzene rings is 2. The third-order valence-corrected chi connectivity index (χ3v) is 13.5. The predicted octanol–water partition coefficient (Wildman–Crippen LogP) is 2.71. The van der Waals surface area contributed by atoms with Crippen LogP contribution in [-0.4, -0.2) is 60.6 Å². The molecule has 0 saturated heterocycles. The molecule has 1 aromatic heterocycles. The number of aliphatic hydroxyl groups is 2. The Labute approximate surface area is 256 Å². The number of aromatic nitrogens is 2. The molecule has 12 heteroatoms. The number of nitrogens with zero attached hydrogens (tertiary/aromatic N) is 2. The van der Waals surface area contributed by atoms with E-state index in [1.54, 1.807) is 19.1 Å². The minimum Gasteiger partial charge on any atom is -0.505 e. The molecule has 0 amide bonds. The summed E-state index contributed by atoms with van der Waals surface area (Å²) in [6, 6.07) is 13.2. The van der Waals surface area contributed by atoms with Crippen LogP contribution in [0.2, 0.25) is 24.2 Å². The maximum absolute atomic E-state index is 12.8. The Morgan fingerprint density at radius 2 is 1.93 bits per heavy atom. The first kappa shape index (κ1) is 29.8. The fourth-order valence-electron chi connectivity index (χ4n) is 6.09. The second-order valence-corrected chi connectivity index (χ2v) is 19.6. The Morgan fingerprint density at radius 3 is 2.65 bits per heavy atom. The Bertz CT molecular complexity index is 1920. The van der Waals surface area contributed by atoms with Crippen LogP contribution >= 0.6 is 11.6 Å². The lowest BCUT2D eigenvalue weighted by molar-refractivity contribution is -0.163. The lowest BCUT2D eigenvalue weighted by Gasteiger charge is -2.35. The normalized spacial score (nSPS) is 19.7. The van der Waals surface area contributed by atoms with Crippen LogP contribution in [0.15, 0.2) is 58.5 Å². The summed E-state index contributed by atoms with van der Waals surface area (Å²) >= 11 is 5.92. The quantitative estimate of drug-likeness (QED) is 0.200. The van der Waals surface area contributed by atoms with Crippen molar-refractivity contribution in [1.82, 2.24) is 14.3 Å². The summed E-state index contributed by atoms with van der Waals surface area (Å²) in [7, 11) is -5.61. The number of hydrogen-bond donors (Lipinski definition) is 3. The van der Waals surface area contributed by atoms with Gasteiger partial charge in [0.15, 0.2) is 5.60 Å². The van der Waals surface area contributed by atoms with Gasteiger partial charge in [-0.3, -0.25) is 0 Å². The fourth-order valence-corrected chi connectivity index (χ4v) is 10.3. The number of imidazole rings is 1. The minimum atomic E-state index is -3.63. The number of halogens is 1. The molecule has 226 valence electrons. The molecule has 1 atom stereocenters. The van der Waals surface area contributed by atoms with Crippen molar-refractivity contribution in [3.05, 3.63) is 91.8 Å². The fraction of sp³-hybridized carbons (Fsp3) is 0.355. The lowest BCUT2D eigenvalue weighted by Crippen LogP contribution is -2.49. The average Bonchev–Trinajstić information content (AvgIpc) is 3.34. The van der Waals surface area contributed by atoms with Crippen molar-refractivity contribution >= 4 is 47.5 Å². The van der Waals surface area contributed by atoms with Gasteiger partial charge in [0.05, 0.1) is 25.2 Å². The number of aliphatic hydroxyl groups excluding tert-OH is 1. The highest BCUT2D eigenvalue weighted by molar-refractivity contribution is 7.89. The van der Waals surface area contributed by atoms with Gasteiger partial charge in [-0.25, -0.2) is 22.9 Å². The molecule has 0 spiro atoms. The average molecular weight is 640 g/mol. The third-order valence-electron chi connectivity index (χ3n) is 8.83. The Kier molecular flexibility index (Phi) is 7.45. The SMILES string of the molecule is CCC1(O)C(=O)OCC2=C1Cc1nc3n(c1=C2O)Cc1c(cccc1CC[Si](C)(C)CNS(=O)(=O)c1ccc(Cl)cc1)C=3. The molecule has 0 bridgehead atoms. The largest absolute Gasteiger partial charge is 0.505 e. The third kappa shape index (κ3) is 5.27. The van der Waals surface area contributed by atoms with E-state index in [0.717, 1.165) is 23.6 Å². The van der Waals surface area contributed by atoms with Crippen LogP contribution in [0.1, 0.15) is 35.7 Å². The zero-order valence-corrected chi connectivity index (χ0v) is 26.8. The van der Waals surface area contributed by atoms with Crippen molar-refractivity contribution in [3.63, 3.8) is 0 Å². The topological polar surface area (TPSA) is 131 Å². The van der Waals surface area contributed by atoms with Crippen LogP contribution in [0.3, 0.4) is 0 Å². The van der Waals surface area contributed by atoms with Crippen molar-refractivity contribution < 1.29 is 28.2 Å². The summed E-state index contributed by atoms with van der Waals surface area (Å²) in [6.07, 6.45) is 3.60. The highest BCUT2D eigenvalue weighted by Gasteiger charge is 2.47. The number of sulfonamides is 1. The number of ether oxygens (including phenoxy) is 1. The highest BCUT2D eigenvalue weighted by atomic mass is 35.5. The predicted molar refractivity (Wildman–Crippen MR) is 166 cm³/mol. The zero-order chi connectivity index (χ0) is 30.7. The van der Waals surface area contributed by atoms with Crippen molar-refractivity contribution in [2.75, 3.05) is 12.8 Å². The molecule has 1 unspecified atom stereocenters. The molecule has 6 rings (SSSR count). The number of carbonyl (C=O) groups excluding carboxylic acids is 1. The molecule has 3 aromatic rings. The summed E-state index contributed by atoms with van der Waals surface area (Å²) in [4.78, 5) is 17.4. The van der Waals surface area contributed by atoms with Gasteiger partial charge in [-0.2, -0.15) is 0 Å². The molecule has 0 fully saturated rings. The second kappa shape index (κ2) is 10.7. The first-order valence-corrected chi connectivity index (χ1v) is 19.6. The van der Waals surface area contributed by atoms with E-state index in [-0.39, 0.29) is 30.1 Å². The Morgan fingerprint density at radius 1 is 1.19 bits per heavy atom. The van der Waals surface area contributed by atoms with Crippen LogP contribution in [0.4, 0.5) is 0 Å². The number of cyclic esters (lactones) is 1. The second-order valence-electron chi connectivity index (χ2n) is 12.2. The van der Waals surface area contributed by atoms with Gasteiger partial charge in [-0.15, -0.1) is 0 Å². The maximum atomic E-state index is 12.8. The van der Waals surface area contributed by atoms with Crippen LogP contribution in [0, 0.1) is 0 Å². The van der Waals surface area contributed by atoms with Crippen LogP contribution in [-0.2, 0) is 38.9 Å². The first-order valence-electron chi connectivity index (χ1n) is 14.3. The number of carbonyl (C=O) groups is 1. The van der Waals surface area contributed by atoms with E-state index in [1.165, 1.54) is 17.7 Å². The molecule has 3 aliphatic rings. The van der Waals surface area contributed by atoms with Crippen LogP contribution in [0.5, 0.6) is 0 Å². The van der Waals surface area contributed by atoms with Gasteiger partial charge < -0.3 is 19.5 Å². The van der Waals surface area contributed by atoms with Crippen molar-refractivity contribution in [2.45, 2.75) is 62.4 Å². The standard InChI is InChI=1S/C31H34ClN3O6SSi/c1-4-31(38)25-15-26-28(29(36)24(25)17-41-30(31)37)35-16-23-19(6-5-7-20(23)14-27(35)34-26)12-13-43(2,3)18-33-42(39,40)22-10-8-21(32)9-11-22/h5-11,14,33,36,38H,4,12-13,15-18H2,1-3H3. The number of esters is 1. The maximum Gasteiger partial charge on any atom is 0.342 e. The van der Waals surface area contributed by atoms with Gasteiger partial charge in [-0.1, -0.05) is 55.9 Å². The summed E-state index contributed by atoms with van der Waals surface area (Å²) in [5, 5.41) is 23.6. The number of fused-ring (bicyclic) bond motifs is 4. The molecular weight excluding hydrogens is 606 g/mol. The van der Waals surface area contributed by atoms with E-state index in [2.05, 4.69) is 23.9 Å². The molecule has 2 aromatic carbocycles. The number of rotatable bonds is 8. The van der Waals surface area contributed by atoms with E-state index in [4.69, 9.17) is 21.3 Å². The molecule has 1 aliphatic carbocycles. The number of hydrogen-bond acceptors (Lipinski definition) is 7. The summed E-state index contributed by atoms with van der Waals surface area (Å²) in [5.41, 5.74) is 3.83. The highest BCUT2D eigenvalue weighted by Crippen LogP contribution is 2.36. The van der Waals surface area contributed by atoms with Crippen molar-refractivity contribution in [1.29, 1.82) is 0 Å². The lowest BCUT2D eigenvalue weighted by atomic mass is 9.80. The van der Waals surface area contributed by atoms with Crippen molar-refractivity contribution in [2.24, 2.45) is 0 Å².